The van der Waals surface area contributed by atoms with E-state index < -0.39 is 17.8 Å². The van der Waals surface area contributed by atoms with E-state index in [1.807, 2.05) is 27.7 Å². The molecule has 1 heterocycles. The van der Waals surface area contributed by atoms with Crippen LogP contribution >= 0.6 is 0 Å². The van der Waals surface area contributed by atoms with Gasteiger partial charge >= 0.3 is 5.97 Å². The summed E-state index contributed by atoms with van der Waals surface area (Å²) in [4.78, 5) is 29.6. The van der Waals surface area contributed by atoms with Crippen LogP contribution in [0.1, 0.15) is 92.9 Å². The number of azide groups is 1. The van der Waals surface area contributed by atoms with Crippen LogP contribution in [0, 0.1) is 40.4 Å². The van der Waals surface area contributed by atoms with Crippen LogP contribution in [0.2, 0.25) is 0 Å². The van der Waals surface area contributed by atoms with Gasteiger partial charge in [-0.2, -0.15) is 0 Å². The largest absolute Gasteiger partial charge is 0.461 e. The predicted molar refractivity (Wildman–Crippen MR) is 134 cm³/mol. The fraction of sp³-hybridized carbons (Fsp3) is 0.929. The van der Waals surface area contributed by atoms with Crippen LogP contribution in [-0.2, 0) is 23.8 Å². The van der Waals surface area contributed by atoms with Crippen molar-refractivity contribution >= 4 is 11.8 Å². The molecule has 0 N–H and O–H groups in total. The van der Waals surface area contributed by atoms with Crippen molar-refractivity contribution in [2.75, 3.05) is 0 Å². The molecule has 200 valence electrons. The van der Waals surface area contributed by atoms with E-state index in [1.165, 1.54) is 0 Å². The maximum Gasteiger partial charge on any atom is 0.315 e. The summed E-state index contributed by atoms with van der Waals surface area (Å²) in [6.07, 6.45) is 6.69. The first-order chi connectivity index (χ1) is 16.9. The Morgan fingerprint density at radius 2 is 1.83 bits per heavy atom. The minimum atomic E-state index is -0.789. The Kier molecular flexibility index (Phi) is 6.49. The lowest BCUT2D eigenvalue weighted by atomic mass is 9.44. The van der Waals surface area contributed by atoms with Gasteiger partial charge in [0.15, 0.2) is 5.79 Å². The highest BCUT2D eigenvalue weighted by Crippen LogP contribution is 2.66. The number of rotatable bonds is 5. The molecule has 11 atom stereocenters. The number of carbonyl (C=O) groups excluding carboxylic acids is 2. The lowest BCUT2D eigenvalue weighted by Crippen LogP contribution is -2.59. The van der Waals surface area contributed by atoms with Crippen molar-refractivity contribution in [2.24, 2.45) is 45.5 Å². The first-order valence-electron chi connectivity index (χ1n) is 14.1. The van der Waals surface area contributed by atoms with E-state index in [-0.39, 0.29) is 41.0 Å². The molecule has 5 fully saturated rings. The van der Waals surface area contributed by atoms with E-state index >= 15 is 0 Å². The summed E-state index contributed by atoms with van der Waals surface area (Å²) in [5.41, 5.74) is 8.76. The summed E-state index contributed by atoms with van der Waals surface area (Å²) >= 11 is 0. The van der Waals surface area contributed by atoms with Gasteiger partial charge in [-0.15, -0.1) is 0 Å². The molecule has 8 heteroatoms. The molecular weight excluding hydrogens is 458 g/mol. The Hall–Kier alpha value is -1.63. The van der Waals surface area contributed by atoms with Crippen molar-refractivity contribution in [3.63, 3.8) is 0 Å². The van der Waals surface area contributed by atoms with Crippen LogP contribution in [-0.4, -0.2) is 41.9 Å². The Balaban J connectivity index is 1.35. The van der Waals surface area contributed by atoms with Crippen molar-refractivity contribution in [3.05, 3.63) is 10.4 Å². The van der Waals surface area contributed by atoms with Gasteiger partial charge in [0.25, 0.3) is 0 Å². The molecule has 1 aliphatic heterocycles. The topological polar surface area (TPSA) is 111 Å². The lowest BCUT2D eigenvalue weighted by molar-refractivity contribution is -0.174. The zero-order chi connectivity index (χ0) is 26.0. The third kappa shape index (κ3) is 3.99. The zero-order valence-electron chi connectivity index (χ0n) is 22.7. The van der Waals surface area contributed by atoms with Crippen LogP contribution in [0.5, 0.6) is 0 Å². The van der Waals surface area contributed by atoms with Crippen LogP contribution in [0.15, 0.2) is 5.11 Å². The van der Waals surface area contributed by atoms with Crippen LogP contribution in [0.25, 0.3) is 10.4 Å². The lowest BCUT2D eigenvalue weighted by Gasteiger charge is -2.60. The summed E-state index contributed by atoms with van der Waals surface area (Å²) in [5, 5.41) is 3.77. The van der Waals surface area contributed by atoms with Gasteiger partial charge in [0.2, 0.25) is 0 Å². The Morgan fingerprint density at radius 3 is 2.53 bits per heavy atom. The summed E-state index contributed by atoms with van der Waals surface area (Å²) in [5.74, 6) is 0.510. The molecule has 0 amide bonds. The number of ether oxygens (including phenoxy) is 3. The number of ketones is 1. The van der Waals surface area contributed by atoms with Gasteiger partial charge in [0.1, 0.15) is 17.9 Å². The van der Waals surface area contributed by atoms with Crippen LogP contribution in [0.4, 0.5) is 0 Å². The maximum absolute atomic E-state index is 13.6. The first-order valence-corrected chi connectivity index (χ1v) is 14.1. The SMILES string of the molecule is CCC(C)C(N=[N+]=[N-])C(=O)O[C@H]1CC[C@H]2[C@@H]3CC(=O)[C@H]4C[C@@H]5OC(C)(C)O[C@@H]5C[C@]4(C)[C@H]3CC[C@]12C. The molecule has 0 radical (unpaired) electrons. The molecule has 5 rings (SSSR count). The Bertz CT molecular complexity index is 963. The van der Waals surface area contributed by atoms with Gasteiger partial charge in [-0.05, 0) is 87.0 Å². The van der Waals surface area contributed by atoms with E-state index in [0.717, 1.165) is 44.9 Å². The molecule has 2 unspecified atom stereocenters. The number of fused-ring (bicyclic) bond motifs is 6. The van der Waals surface area contributed by atoms with Crippen LogP contribution < -0.4 is 0 Å². The van der Waals surface area contributed by atoms with E-state index in [0.29, 0.717) is 30.0 Å². The summed E-state index contributed by atoms with van der Waals surface area (Å²) < 4.78 is 18.6. The number of nitrogens with zero attached hydrogens (tertiary/aromatic N) is 3. The second-order valence-corrected chi connectivity index (χ2v) is 13.3. The molecule has 0 spiro atoms. The first kappa shape index (κ1) is 26.0. The number of hydrogen-bond donors (Lipinski definition) is 0. The molecule has 0 aromatic heterocycles. The highest BCUT2D eigenvalue weighted by Gasteiger charge is 2.65. The molecule has 5 aliphatic rings. The Labute approximate surface area is 214 Å². The monoisotopic (exact) mass is 501 g/mol. The molecule has 4 saturated carbocycles. The van der Waals surface area contributed by atoms with E-state index in [2.05, 4.69) is 23.9 Å². The van der Waals surface area contributed by atoms with Crippen molar-refractivity contribution < 1.29 is 23.8 Å². The van der Waals surface area contributed by atoms with Crippen LogP contribution in [0.3, 0.4) is 0 Å². The number of carbonyl (C=O) groups is 2. The summed E-state index contributed by atoms with van der Waals surface area (Å²) in [6, 6.07) is -0.789. The minimum absolute atomic E-state index is 0.0113. The fourth-order valence-corrected chi connectivity index (χ4v) is 9.06. The van der Waals surface area contributed by atoms with Gasteiger partial charge in [-0.25, -0.2) is 0 Å². The average Bonchev–Trinajstić information content (AvgIpc) is 3.29. The van der Waals surface area contributed by atoms with E-state index in [1.54, 1.807) is 0 Å². The third-order valence-electron chi connectivity index (χ3n) is 11.1. The molecule has 1 saturated heterocycles. The Morgan fingerprint density at radius 1 is 1.14 bits per heavy atom. The summed E-state index contributed by atoms with van der Waals surface area (Å²) in [7, 11) is 0. The molecule has 4 aliphatic carbocycles. The van der Waals surface area contributed by atoms with E-state index in [4.69, 9.17) is 19.7 Å². The van der Waals surface area contributed by atoms with E-state index in [9.17, 15) is 9.59 Å². The number of esters is 1. The maximum atomic E-state index is 13.6. The highest BCUT2D eigenvalue weighted by molar-refractivity contribution is 5.83. The van der Waals surface area contributed by atoms with Gasteiger partial charge in [-0.1, -0.05) is 39.2 Å². The highest BCUT2D eigenvalue weighted by atomic mass is 16.7. The molecule has 8 nitrogen and oxygen atoms in total. The molecular formula is C28H43N3O5. The van der Waals surface area contributed by atoms with Gasteiger partial charge in [-0.3, -0.25) is 9.59 Å². The second-order valence-electron chi connectivity index (χ2n) is 13.3. The number of hydrogen-bond acceptors (Lipinski definition) is 6. The molecule has 0 aromatic rings. The van der Waals surface area contributed by atoms with Gasteiger partial charge < -0.3 is 14.2 Å². The third-order valence-corrected chi connectivity index (χ3v) is 11.1. The van der Waals surface area contributed by atoms with Crippen molar-refractivity contribution in [1.82, 2.24) is 0 Å². The van der Waals surface area contributed by atoms with Crippen molar-refractivity contribution in [2.45, 2.75) is 123 Å². The number of Topliss-reactive ketones (excluding diaryl/α,β-unsaturated/α-hetero) is 1. The van der Waals surface area contributed by atoms with Gasteiger partial charge in [0, 0.05) is 22.7 Å². The quantitative estimate of drug-likeness (QED) is 0.199. The second kappa shape index (κ2) is 8.99. The zero-order valence-corrected chi connectivity index (χ0v) is 22.7. The van der Waals surface area contributed by atoms with Gasteiger partial charge in [0.05, 0.1) is 12.2 Å². The minimum Gasteiger partial charge on any atom is -0.461 e. The normalized spacial score (nSPS) is 46.4. The smallest absolute Gasteiger partial charge is 0.315 e. The summed E-state index contributed by atoms with van der Waals surface area (Å²) in [6.45, 7) is 12.4. The fourth-order valence-electron chi connectivity index (χ4n) is 9.06. The van der Waals surface area contributed by atoms with Crippen molar-refractivity contribution in [3.8, 4) is 0 Å². The molecule has 0 bridgehead atoms. The molecule has 36 heavy (non-hydrogen) atoms. The average molecular weight is 502 g/mol. The standard InChI is InChI=1S/C28H43N3O5/c1-7-15(2)24(30-31-29)25(33)34-23-9-8-17-16-12-20(32)19-13-21-22(36-26(3,4)35-21)14-28(19,6)18(16)10-11-27(17,23)5/h15-19,21-24H,7-14H2,1-6H3/t15?,16-,17-,18-,19+,21-,22+,23-,24?,27-,28+/m0/s1. The van der Waals surface area contributed by atoms with Crippen molar-refractivity contribution in [1.29, 1.82) is 0 Å². The molecule has 0 aromatic carbocycles. The predicted octanol–water partition coefficient (Wildman–Crippen LogP) is 5.97.